The third-order valence-corrected chi connectivity index (χ3v) is 7.10. The predicted octanol–water partition coefficient (Wildman–Crippen LogP) is 3.32. The predicted molar refractivity (Wildman–Crippen MR) is 106 cm³/mol. The molecule has 2 heterocycles. The third kappa shape index (κ3) is 3.49. The fourth-order valence-electron chi connectivity index (χ4n) is 3.90. The number of rotatable bonds is 3. The average Bonchev–Trinajstić information content (AvgIpc) is 3.08. The highest BCUT2D eigenvalue weighted by atomic mass is 32.2. The number of phenolic OH excluding ortho intramolecular Hbond substituents is 1. The molecule has 3 aromatic rings. The lowest BCUT2D eigenvalue weighted by Gasteiger charge is -2.38. The summed E-state index contributed by atoms with van der Waals surface area (Å²) in [6.45, 7) is 3.06. The van der Waals surface area contributed by atoms with Crippen molar-refractivity contribution in [2.24, 2.45) is 0 Å². The molecular formula is C20H21F2N3O3S. The van der Waals surface area contributed by atoms with Crippen LogP contribution in [0.1, 0.15) is 25.3 Å². The zero-order valence-corrected chi connectivity index (χ0v) is 16.9. The van der Waals surface area contributed by atoms with Crippen LogP contribution in [0.4, 0.5) is 8.78 Å². The van der Waals surface area contributed by atoms with E-state index in [1.165, 1.54) is 15.2 Å². The first-order chi connectivity index (χ1) is 13.6. The van der Waals surface area contributed by atoms with E-state index in [1.807, 2.05) is 18.2 Å². The lowest BCUT2D eigenvalue weighted by atomic mass is 9.75. The van der Waals surface area contributed by atoms with Crippen molar-refractivity contribution in [3.8, 4) is 11.4 Å². The molecular weight excluding hydrogens is 400 g/mol. The highest BCUT2D eigenvalue weighted by molar-refractivity contribution is 7.88. The molecule has 6 nitrogen and oxygen atoms in total. The Balaban J connectivity index is 1.67. The van der Waals surface area contributed by atoms with Crippen LogP contribution in [0.3, 0.4) is 0 Å². The van der Waals surface area contributed by atoms with Crippen LogP contribution in [0, 0.1) is 11.6 Å². The Hall–Kier alpha value is -2.52. The molecule has 1 saturated heterocycles. The number of fused-ring (bicyclic) bond motifs is 1. The molecule has 1 aliphatic heterocycles. The minimum absolute atomic E-state index is 0.169. The molecule has 9 heteroatoms. The van der Waals surface area contributed by atoms with Gasteiger partial charge in [0.15, 0.2) is 17.4 Å². The summed E-state index contributed by atoms with van der Waals surface area (Å²) >= 11 is 0. The van der Waals surface area contributed by atoms with Crippen LogP contribution in [0.15, 0.2) is 36.5 Å². The van der Waals surface area contributed by atoms with Crippen LogP contribution >= 0.6 is 0 Å². The van der Waals surface area contributed by atoms with Crippen LogP contribution < -0.4 is 0 Å². The zero-order valence-electron chi connectivity index (χ0n) is 16.1. The Morgan fingerprint density at radius 2 is 1.83 bits per heavy atom. The zero-order chi connectivity index (χ0) is 21.0. The van der Waals surface area contributed by atoms with Crippen molar-refractivity contribution in [1.29, 1.82) is 0 Å². The number of nitrogens with zero attached hydrogens (tertiary/aromatic N) is 3. The van der Waals surface area contributed by atoms with Gasteiger partial charge in [0.2, 0.25) is 10.0 Å². The summed E-state index contributed by atoms with van der Waals surface area (Å²) in [5.74, 6) is -3.21. The number of aromatic nitrogens is 2. The smallest absolute Gasteiger partial charge is 0.211 e. The van der Waals surface area contributed by atoms with Gasteiger partial charge in [-0.2, -0.15) is 9.49 Å². The van der Waals surface area contributed by atoms with Crippen LogP contribution in [-0.2, 0) is 15.4 Å². The Morgan fingerprint density at radius 3 is 2.45 bits per heavy atom. The number of piperidine rings is 1. The van der Waals surface area contributed by atoms with Gasteiger partial charge in [-0.15, -0.1) is 0 Å². The maximum Gasteiger partial charge on any atom is 0.211 e. The van der Waals surface area contributed by atoms with E-state index in [0.717, 1.165) is 23.1 Å². The maximum atomic E-state index is 13.7. The molecule has 154 valence electrons. The molecule has 2 aromatic carbocycles. The van der Waals surface area contributed by atoms with E-state index in [0.29, 0.717) is 31.4 Å². The third-order valence-electron chi connectivity index (χ3n) is 5.80. The Kier molecular flexibility index (Phi) is 4.62. The van der Waals surface area contributed by atoms with Crippen LogP contribution in [0.25, 0.3) is 16.6 Å². The summed E-state index contributed by atoms with van der Waals surface area (Å²) in [5.41, 5.74) is 1.82. The minimum Gasteiger partial charge on any atom is -0.505 e. The number of halogens is 2. The van der Waals surface area contributed by atoms with Gasteiger partial charge in [-0.3, -0.25) is 0 Å². The fraction of sp³-hybridized carbons (Fsp3) is 0.350. The second-order valence-corrected chi connectivity index (χ2v) is 9.80. The van der Waals surface area contributed by atoms with Gasteiger partial charge in [0.25, 0.3) is 0 Å². The second kappa shape index (κ2) is 6.77. The topological polar surface area (TPSA) is 75.4 Å². The van der Waals surface area contributed by atoms with Crippen molar-refractivity contribution in [1.82, 2.24) is 14.1 Å². The monoisotopic (exact) mass is 421 g/mol. The van der Waals surface area contributed by atoms with E-state index in [4.69, 9.17) is 0 Å². The van der Waals surface area contributed by atoms with E-state index in [2.05, 4.69) is 12.0 Å². The Labute approximate surface area is 167 Å². The van der Waals surface area contributed by atoms with E-state index in [9.17, 15) is 22.3 Å². The van der Waals surface area contributed by atoms with Gasteiger partial charge in [0, 0.05) is 30.6 Å². The maximum absolute atomic E-state index is 13.7. The molecule has 0 bridgehead atoms. The van der Waals surface area contributed by atoms with Crippen LogP contribution in [0.5, 0.6) is 5.75 Å². The summed E-state index contributed by atoms with van der Waals surface area (Å²) in [7, 11) is -3.19. The van der Waals surface area contributed by atoms with Gasteiger partial charge in [-0.05, 0) is 36.0 Å². The van der Waals surface area contributed by atoms with E-state index < -0.39 is 27.4 Å². The Bertz CT molecular complexity index is 1180. The number of phenols is 1. The lowest BCUT2D eigenvalue weighted by Crippen LogP contribution is -2.43. The average molecular weight is 421 g/mol. The highest BCUT2D eigenvalue weighted by Gasteiger charge is 2.34. The molecule has 1 fully saturated rings. The molecule has 0 unspecified atom stereocenters. The van der Waals surface area contributed by atoms with Gasteiger partial charge < -0.3 is 5.11 Å². The number of benzene rings is 2. The molecule has 0 saturated carbocycles. The molecule has 0 radical (unpaired) electrons. The first-order valence-corrected chi connectivity index (χ1v) is 11.1. The molecule has 4 rings (SSSR count). The number of hydrogen-bond donors (Lipinski definition) is 1. The van der Waals surface area contributed by atoms with Crippen molar-refractivity contribution in [2.45, 2.75) is 25.2 Å². The standard InChI is InChI=1S/C20H21F2N3O3S/c1-20(5-7-24(8-6-20)29(2,27)28)14-3-4-17-13(9-14)12-23-25(17)15-10-16(21)19(22)18(26)11-15/h3-4,9-12,26H,5-8H2,1-2H3. The molecule has 0 amide bonds. The molecule has 29 heavy (non-hydrogen) atoms. The normalized spacial score (nSPS) is 17.7. The summed E-state index contributed by atoms with van der Waals surface area (Å²) in [6.07, 6.45) is 4.27. The van der Waals surface area contributed by atoms with Crippen molar-refractivity contribution in [3.05, 3.63) is 53.7 Å². The lowest BCUT2D eigenvalue weighted by molar-refractivity contribution is 0.250. The highest BCUT2D eigenvalue weighted by Crippen LogP contribution is 2.37. The molecule has 0 aliphatic carbocycles. The van der Waals surface area contributed by atoms with Crippen LogP contribution in [-0.4, -0.2) is 47.0 Å². The number of sulfonamides is 1. The van der Waals surface area contributed by atoms with Crippen molar-refractivity contribution in [3.63, 3.8) is 0 Å². The fourth-order valence-corrected chi connectivity index (χ4v) is 4.74. The summed E-state index contributed by atoms with van der Waals surface area (Å²) in [5, 5.41) is 14.7. The SMILES string of the molecule is CC1(c2ccc3c(cnn3-c3cc(O)c(F)c(F)c3)c2)CCN(S(C)(=O)=O)CC1. The summed E-state index contributed by atoms with van der Waals surface area (Å²) in [6, 6.07) is 7.91. The summed E-state index contributed by atoms with van der Waals surface area (Å²) < 4.78 is 53.5. The quantitative estimate of drug-likeness (QED) is 0.704. The minimum atomic E-state index is -3.19. The van der Waals surface area contributed by atoms with Gasteiger partial charge in [0.05, 0.1) is 23.7 Å². The van der Waals surface area contributed by atoms with Gasteiger partial charge in [0.1, 0.15) is 0 Å². The van der Waals surface area contributed by atoms with Crippen molar-refractivity contribution >= 4 is 20.9 Å². The largest absolute Gasteiger partial charge is 0.505 e. The molecule has 1 aliphatic rings. The van der Waals surface area contributed by atoms with E-state index in [1.54, 1.807) is 6.20 Å². The summed E-state index contributed by atoms with van der Waals surface area (Å²) in [4.78, 5) is 0. The van der Waals surface area contributed by atoms with Crippen LogP contribution in [0.2, 0.25) is 0 Å². The molecule has 0 atom stereocenters. The van der Waals surface area contributed by atoms with E-state index >= 15 is 0 Å². The number of aromatic hydroxyl groups is 1. The Morgan fingerprint density at radius 1 is 1.14 bits per heavy atom. The van der Waals surface area contributed by atoms with Crippen molar-refractivity contribution in [2.75, 3.05) is 19.3 Å². The van der Waals surface area contributed by atoms with Gasteiger partial charge in [-0.1, -0.05) is 13.0 Å². The first-order valence-electron chi connectivity index (χ1n) is 9.20. The second-order valence-electron chi connectivity index (χ2n) is 7.81. The number of hydrogen-bond acceptors (Lipinski definition) is 4. The van der Waals surface area contributed by atoms with Crippen molar-refractivity contribution < 1.29 is 22.3 Å². The molecule has 1 aromatic heterocycles. The first kappa shape index (κ1) is 19.8. The molecule has 0 spiro atoms. The van der Waals surface area contributed by atoms with Gasteiger partial charge >= 0.3 is 0 Å². The van der Waals surface area contributed by atoms with E-state index in [-0.39, 0.29) is 11.1 Å². The molecule has 1 N–H and O–H groups in total. The van der Waals surface area contributed by atoms with Gasteiger partial charge in [-0.25, -0.2) is 21.8 Å².